The van der Waals surface area contributed by atoms with Gasteiger partial charge in [-0.05, 0) is 46.5 Å². The molecular formula is C40H46N8O6. The van der Waals surface area contributed by atoms with E-state index < -0.39 is 12.2 Å². The van der Waals surface area contributed by atoms with Crippen LogP contribution in [0.3, 0.4) is 0 Å². The van der Waals surface area contributed by atoms with Crippen molar-refractivity contribution < 1.29 is 28.7 Å². The van der Waals surface area contributed by atoms with Gasteiger partial charge in [-0.1, -0.05) is 72.2 Å². The molecule has 54 heavy (non-hydrogen) atoms. The summed E-state index contributed by atoms with van der Waals surface area (Å²) in [5.41, 5.74) is 16.8. The third-order valence-electron chi connectivity index (χ3n) is 8.94. The molecule has 3 aromatic rings. The fraction of sp³-hybridized carbons (Fsp3) is 0.350. The highest BCUT2D eigenvalue weighted by molar-refractivity contribution is 5.75. The van der Waals surface area contributed by atoms with E-state index in [0.29, 0.717) is 78.5 Å². The first-order valence-corrected chi connectivity index (χ1v) is 17.8. The van der Waals surface area contributed by atoms with Crippen molar-refractivity contribution in [1.82, 2.24) is 30.2 Å². The van der Waals surface area contributed by atoms with Crippen molar-refractivity contribution in [3.63, 3.8) is 0 Å². The lowest BCUT2D eigenvalue weighted by Crippen LogP contribution is -2.53. The number of rotatable bonds is 8. The summed E-state index contributed by atoms with van der Waals surface area (Å²) in [7, 11) is 0. The predicted molar refractivity (Wildman–Crippen MR) is 202 cm³/mol. The van der Waals surface area contributed by atoms with E-state index in [2.05, 4.69) is 34.3 Å². The SMILES string of the molecule is NCc1ccc(CNC(=O)N2CCN(C(=O)OCC#Cc3ccc(C#CCOC(=O)N4CCN(C(=O)NCc5ccc(CN)cc5)CC4)cc3)CC2)cc1. The van der Waals surface area contributed by atoms with E-state index >= 15 is 0 Å². The third-order valence-corrected chi connectivity index (χ3v) is 8.94. The number of nitrogens with zero attached hydrogens (tertiary/aromatic N) is 4. The van der Waals surface area contributed by atoms with Gasteiger partial charge in [0, 0.05) is 89.7 Å². The van der Waals surface area contributed by atoms with E-state index in [4.69, 9.17) is 20.9 Å². The van der Waals surface area contributed by atoms with Gasteiger partial charge in [0.25, 0.3) is 0 Å². The van der Waals surface area contributed by atoms with Crippen LogP contribution in [0.4, 0.5) is 19.2 Å². The van der Waals surface area contributed by atoms with Gasteiger partial charge >= 0.3 is 24.2 Å². The summed E-state index contributed by atoms with van der Waals surface area (Å²) < 4.78 is 10.6. The number of hydrogen-bond acceptors (Lipinski definition) is 8. The van der Waals surface area contributed by atoms with E-state index in [9.17, 15) is 19.2 Å². The first kappa shape index (κ1) is 39.0. The molecule has 6 N–H and O–H groups in total. The van der Waals surface area contributed by atoms with Gasteiger partial charge in [-0.3, -0.25) is 0 Å². The van der Waals surface area contributed by atoms with E-state index in [1.54, 1.807) is 43.9 Å². The van der Waals surface area contributed by atoms with Crippen LogP contribution in [0.2, 0.25) is 0 Å². The largest absolute Gasteiger partial charge is 0.436 e. The highest BCUT2D eigenvalue weighted by Gasteiger charge is 2.26. The molecule has 0 bridgehead atoms. The molecular weight excluding hydrogens is 688 g/mol. The molecule has 2 aliphatic rings. The minimum absolute atomic E-state index is 0.0670. The van der Waals surface area contributed by atoms with Gasteiger partial charge in [0.1, 0.15) is 0 Å². The quantitative estimate of drug-likeness (QED) is 0.256. The molecule has 0 unspecified atom stereocenters. The minimum atomic E-state index is -0.470. The number of benzene rings is 3. The molecule has 14 nitrogen and oxygen atoms in total. The van der Waals surface area contributed by atoms with E-state index in [1.807, 2.05) is 48.5 Å². The second-order valence-electron chi connectivity index (χ2n) is 12.6. The highest BCUT2D eigenvalue weighted by Crippen LogP contribution is 2.09. The lowest BCUT2D eigenvalue weighted by molar-refractivity contribution is 0.0898. The van der Waals surface area contributed by atoms with Crippen LogP contribution in [0.25, 0.3) is 0 Å². The number of carbonyl (C=O) groups excluding carboxylic acids is 4. The summed E-state index contributed by atoms with van der Waals surface area (Å²) in [6.07, 6.45) is -0.940. The van der Waals surface area contributed by atoms with Crippen molar-refractivity contribution in [2.24, 2.45) is 11.5 Å². The highest BCUT2D eigenvalue weighted by atomic mass is 16.6. The van der Waals surface area contributed by atoms with Gasteiger partial charge in [-0.2, -0.15) is 0 Å². The van der Waals surface area contributed by atoms with Crippen molar-refractivity contribution >= 4 is 24.2 Å². The average molecular weight is 735 g/mol. The molecule has 3 aromatic carbocycles. The van der Waals surface area contributed by atoms with Gasteiger partial charge in [0.15, 0.2) is 13.2 Å². The number of nitrogens with two attached hydrogens (primary N) is 2. The number of piperazine rings is 2. The molecule has 282 valence electrons. The Morgan fingerprint density at radius 1 is 0.500 bits per heavy atom. The zero-order chi connectivity index (χ0) is 38.1. The van der Waals surface area contributed by atoms with Crippen LogP contribution in [-0.2, 0) is 35.7 Å². The molecule has 0 radical (unpaired) electrons. The van der Waals surface area contributed by atoms with Gasteiger partial charge in [0.05, 0.1) is 0 Å². The predicted octanol–water partition coefficient (Wildman–Crippen LogP) is 2.64. The van der Waals surface area contributed by atoms with Crippen LogP contribution in [0, 0.1) is 23.7 Å². The minimum Gasteiger partial charge on any atom is -0.436 e. The van der Waals surface area contributed by atoms with E-state index in [1.165, 1.54) is 0 Å². The molecule has 2 saturated heterocycles. The van der Waals surface area contributed by atoms with Crippen molar-refractivity contribution in [2.45, 2.75) is 26.2 Å². The molecule has 0 atom stereocenters. The molecule has 6 amide bonds. The standard InChI is InChI=1S/C40H46N8O6/c41-27-33-9-13-35(14-10-33)29-43-37(49)45-17-21-47(22-18-45)39(51)53-25-1-3-31-5-7-32(8-6-31)4-2-26-54-40(52)48-23-19-46(20-24-48)38(50)44-30-36-15-11-34(28-42)12-16-36/h5-16H,17-30,41-42H2,(H,43,49)(H,44,50). The van der Waals surface area contributed by atoms with E-state index in [-0.39, 0.29) is 25.3 Å². The Kier molecular flexibility index (Phi) is 14.5. The maximum atomic E-state index is 12.6. The monoisotopic (exact) mass is 734 g/mol. The number of ether oxygens (including phenoxy) is 2. The molecule has 14 heteroatoms. The number of hydrogen-bond donors (Lipinski definition) is 4. The second-order valence-corrected chi connectivity index (χ2v) is 12.6. The number of nitrogens with one attached hydrogen (secondary N) is 2. The molecule has 0 spiro atoms. The van der Waals surface area contributed by atoms with Crippen LogP contribution in [0.15, 0.2) is 72.8 Å². The molecule has 2 fully saturated rings. The summed E-state index contributed by atoms with van der Waals surface area (Å²) in [4.78, 5) is 56.6. The fourth-order valence-electron chi connectivity index (χ4n) is 5.64. The summed E-state index contributed by atoms with van der Waals surface area (Å²) >= 11 is 0. The Labute approximate surface area is 315 Å². The summed E-state index contributed by atoms with van der Waals surface area (Å²) in [5.74, 6) is 11.6. The van der Waals surface area contributed by atoms with Crippen molar-refractivity contribution in [3.05, 3.63) is 106 Å². The summed E-state index contributed by atoms with van der Waals surface area (Å²) in [6.45, 7) is 4.75. The number of amides is 6. The fourth-order valence-corrected chi connectivity index (χ4v) is 5.64. The van der Waals surface area contributed by atoms with E-state index in [0.717, 1.165) is 33.4 Å². The van der Waals surface area contributed by atoms with Gasteiger partial charge in [0.2, 0.25) is 0 Å². The zero-order valence-electron chi connectivity index (χ0n) is 30.2. The maximum absolute atomic E-state index is 12.6. The van der Waals surface area contributed by atoms with Crippen molar-refractivity contribution in [1.29, 1.82) is 0 Å². The first-order valence-electron chi connectivity index (χ1n) is 17.8. The van der Waals surface area contributed by atoms with Crippen LogP contribution in [0.1, 0.15) is 33.4 Å². The van der Waals surface area contributed by atoms with Crippen LogP contribution >= 0.6 is 0 Å². The summed E-state index contributed by atoms with van der Waals surface area (Å²) in [6, 6.07) is 22.4. The molecule has 5 rings (SSSR count). The number of carbonyl (C=O) groups is 4. The first-order chi connectivity index (χ1) is 26.3. The Morgan fingerprint density at radius 3 is 1.15 bits per heavy atom. The van der Waals surface area contributed by atoms with Crippen molar-refractivity contribution in [3.8, 4) is 23.7 Å². The Hall–Kier alpha value is -6.22. The average Bonchev–Trinajstić information content (AvgIpc) is 3.23. The topological polar surface area (TPSA) is 176 Å². The Bertz CT molecular complexity index is 1710. The lowest BCUT2D eigenvalue weighted by Gasteiger charge is -2.33. The van der Waals surface area contributed by atoms with Crippen LogP contribution in [0.5, 0.6) is 0 Å². The molecule has 0 saturated carbocycles. The maximum Gasteiger partial charge on any atom is 0.410 e. The Morgan fingerprint density at radius 2 is 0.815 bits per heavy atom. The lowest BCUT2D eigenvalue weighted by atomic mass is 10.1. The molecule has 0 aromatic heterocycles. The Balaban J connectivity index is 0.928. The van der Waals surface area contributed by atoms with Gasteiger partial charge in [-0.15, -0.1) is 0 Å². The van der Waals surface area contributed by atoms with Gasteiger partial charge in [-0.25, -0.2) is 19.2 Å². The summed E-state index contributed by atoms with van der Waals surface area (Å²) in [5, 5.41) is 5.83. The second kappa shape index (κ2) is 20.1. The number of urea groups is 2. The van der Waals surface area contributed by atoms with Gasteiger partial charge < -0.3 is 51.2 Å². The zero-order valence-corrected chi connectivity index (χ0v) is 30.2. The van der Waals surface area contributed by atoms with Crippen LogP contribution < -0.4 is 22.1 Å². The smallest absolute Gasteiger partial charge is 0.410 e. The third kappa shape index (κ3) is 11.9. The molecule has 0 aliphatic carbocycles. The van der Waals surface area contributed by atoms with Crippen LogP contribution in [-0.4, -0.2) is 109 Å². The molecule has 2 heterocycles. The normalized spacial score (nSPS) is 13.8. The molecule has 2 aliphatic heterocycles. The van der Waals surface area contributed by atoms with Crippen molar-refractivity contribution in [2.75, 3.05) is 65.6 Å².